The summed E-state index contributed by atoms with van der Waals surface area (Å²) in [4.78, 5) is 2.13. The van der Waals surface area contributed by atoms with Gasteiger partial charge < -0.3 is 14.4 Å². The van der Waals surface area contributed by atoms with E-state index in [4.69, 9.17) is 9.47 Å². The molecular weight excluding hydrogens is 214 g/mol. The Kier molecular flexibility index (Phi) is 4.04. The van der Waals surface area contributed by atoms with Crippen molar-refractivity contribution in [1.82, 2.24) is 4.90 Å². The van der Waals surface area contributed by atoms with Crippen LogP contribution >= 0.6 is 0 Å². The molecule has 0 spiro atoms. The molecule has 2 rings (SSSR count). The summed E-state index contributed by atoms with van der Waals surface area (Å²) in [5, 5.41) is 0. The summed E-state index contributed by atoms with van der Waals surface area (Å²) in [6.07, 6.45) is 2.14. The number of benzene rings is 1. The van der Waals surface area contributed by atoms with E-state index in [-0.39, 0.29) is 6.10 Å². The Morgan fingerprint density at radius 1 is 1.35 bits per heavy atom. The molecule has 3 heteroatoms. The van der Waals surface area contributed by atoms with E-state index in [9.17, 15) is 0 Å². The molecule has 0 bridgehead atoms. The van der Waals surface area contributed by atoms with E-state index in [1.54, 1.807) is 0 Å². The fraction of sp³-hybridized carbons (Fsp3) is 0.429. The van der Waals surface area contributed by atoms with Crippen molar-refractivity contribution >= 4 is 0 Å². The Morgan fingerprint density at radius 3 is 2.82 bits per heavy atom. The zero-order valence-electron chi connectivity index (χ0n) is 10.4. The number of nitrogens with zero attached hydrogens (tertiary/aromatic N) is 1. The predicted molar refractivity (Wildman–Crippen MR) is 67.4 cm³/mol. The molecule has 1 aromatic rings. The normalized spacial score (nSPS) is 19.8. The van der Waals surface area contributed by atoms with Crippen molar-refractivity contribution in [1.29, 1.82) is 0 Å². The van der Waals surface area contributed by atoms with Gasteiger partial charge in [0.25, 0.3) is 0 Å². The van der Waals surface area contributed by atoms with Gasteiger partial charge >= 0.3 is 0 Å². The maximum atomic E-state index is 5.69. The van der Waals surface area contributed by atoms with Gasteiger partial charge in [0.1, 0.15) is 11.9 Å². The van der Waals surface area contributed by atoms with Crippen molar-refractivity contribution in [3.05, 3.63) is 47.9 Å². The van der Waals surface area contributed by atoms with Crippen LogP contribution in [0.2, 0.25) is 0 Å². The third kappa shape index (κ3) is 3.79. The third-order valence-corrected chi connectivity index (χ3v) is 2.66. The molecule has 17 heavy (non-hydrogen) atoms. The standard InChI is InChI=1S/C14H19NO2/c1-12-8-15(2)9-14(17-12)11-16-10-13-6-4-3-5-7-13/h3-8,14H,9-11H2,1-2H3/t14-/m1/s1. The third-order valence-electron chi connectivity index (χ3n) is 2.66. The van der Waals surface area contributed by atoms with Gasteiger partial charge in [0, 0.05) is 13.2 Å². The van der Waals surface area contributed by atoms with Crippen molar-refractivity contribution in [2.75, 3.05) is 20.2 Å². The number of hydrogen-bond acceptors (Lipinski definition) is 3. The molecule has 0 radical (unpaired) electrons. The Labute approximate surface area is 103 Å². The molecule has 0 aliphatic carbocycles. The monoisotopic (exact) mass is 233 g/mol. The van der Waals surface area contributed by atoms with Gasteiger partial charge in [0.2, 0.25) is 0 Å². The summed E-state index contributed by atoms with van der Waals surface area (Å²) < 4.78 is 11.4. The summed E-state index contributed by atoms with van der Waals surface area (Å²) in [5.41, 5.74) is 1.20. The molecule has 3 nitrogen and oxygen atoms in total. The molecule has 0 saturated heterocycles. The fourth-order valence-corrected chi connectivity index (χ4v) is 1.98. The number of allylic oxidation sites excluding steroid dienone is 1. The number of rotatable bonds is 4. The Bertz CT molecular complexity index is 375. The Balaban J connectivity index is 1.74. The van der Waals surface area contributed by atoms with Crippen LogP contribution in [0, 0.1) is 0 Å². The van der Waals surface area contributed by atoms with Gasteiger partial charge in [-0.25, -0.2) is 0 Å². The van der Waals surface area contributed by atoms with Crippen molar-refractivity contribution in [3.8, 4) is 0 Å². The van der Waals surface area contributed by atoms with Crippen LogP contribution in [-0.4, -0.2) is 31.2 Å². The fourth-order valence-electron chi connectivity index (χ4n) is 1.98. The minimum Gasteiger partial charge on any atom is -0.489 e. The van der Waals surface area contributed by atoms with E-state index in [1.807, 2.05) is 31.3 Å². The van der Waals surface area contributed by atoms with Crippen molar-refractivity contribution < 1.29 is 9.47 Å². The molecule has 1 aromatic carbocycles. The van der Waals surface area contributed by atoms with Gasteiger partial charge in [-0.1, -0.05) is 30.3 Å². The van der Waals surface area contributed by atoms with Crippen LogP contribution in [0.15, 0.2) is 42.3 Å². The van der Waals surface area contributed by atoms with E-state index >= 15 is 0 Å². The van der Waals surface area contributed by atoms with Crippen LogP contribution in [0.3, 0.4) is 0 Å². The van der Waals surface area contributed by atoms with Crippen molar-refractivity contribution in [2.45, 2.75) is 19.6 Å². The van der Waals surface area contributed by atoms with E-state index in [0.717, 1.165) is 12.3 Å². The van der Waals surface area contributed by atoms with Gasteiger partial charge in [-0.15, -0.1) is 0 Å². The Morgan fingerprint density at radius 2 is 2.12 bits per heavy atom. The number of likely N-dealkylation sites (N-methyl/N-ethyl adjacent to an activating group) is 1. The van der Waals surface area contributed by atoms with E-state index in [1.165, 1.54) is 5.56 Å². The highest BCUT2D eigenvalue weighted by Crippen LogP contribution is 2.12. The maximum absolute atomic E-state index is 5.69. The highest BCUT2D eigenvalue weighted by atomic mass is 16.5. The van der Waals surface area contributed by atoms with Gasteiger partial charge in [-0.05, 0) is 12.5 Å². The predicted octanol–water partition coefficient (Wildman–Crippen LogP) is 2.40. The molecule has 0 amide bonds. The molecule has 1 atom stereocenters. The molecular formula is C14H19NO2. The maximum Gasteiger partial charge on any atom is 0.139 e. The van der Waals surface area contributed by atoms with Gasteiger partial charge in [-0.2, -0.15) is 0 Å². The average Bonchev–Trinajstić information content (AvgIpc) is 2.29. The molecule has 0 unspecified atom stereocenters. The first-order chi connectivity index (χ1) is 8.24. The summed E-state index contributed by atoms with van der Waals surface area (Å²) >= 11 is 0. The first-order valence-electron chi connectivity index (χ1n) is 5.91. The Hall–Kier alpha value is -1.48. The molecule has 0 fully saturated rings. The molecule has 1 heterocycles. The topological polar surface area (TPSA) is 21.7 Å². The van der Waals surface area contributed by atoms with Gasteiger partial charge in [0.05, 0.1) is 19.8 Å². The van der Waals surface area contributed by atoms with Crippen LogP contribution in [-0.2, 0) is 16.1 Å². The molecule has 0 saturated carbocycles. The molecule has 0 aromatic heterocycles. The highest BCUT2D eigenvalue weighted by molar-refractivity contribution is 5.13. The molecule has 1 aliphatic rings. The zero-order chi connectivity index (χ0) is 12.1. The van der Waals surface area contributed by atoms with E-state index in [0.29, 0.717) is 13.2 Å². The smallest absolute Gasteiger partial charge is 0.139 e. The van der Waals surface area contributed by atoms with Gasteiger partial charge in [0.15, 0.2) is 0 Å². The first kappa shape index (κ1) is 12.0. The van der Waals surface area contributed by atoms with Crippen LogP contribution in [0.4, 0.5) is 0 Å². The first-order valence-corrected chi connectivity index (χ1v) is 5.91. The zero-order valence-corrected chi connectivity index (χ0v) is 10.4. The lowest BCUT2D eigenvalue weighted by Crippen LogP contribution is -2.35. The number of ether oxygens (including phenoxy) is 2. The van der Waals surface area contributed by atoms with Gasteiger partial charge in [-0.3, -0.25) is 0 Å². The number of hydrogen-bond donors (Lipinski definition) is 0. The SMILES string of the molecule is CC1=CN(C)C[C@H](COCc2ccccc2)O1. The summed E-state index contributed by atoms with van der Waals surface area (Å²) in [6.45, 7) is 4.13. The van der Waals surface area contributed by atoms with Crippen molar-refractivity contribution in [3.63, 3.8) is 0 Å². The van der Waals surface area contributed by atoms with Crippen LogP contribution in [0.25, 0.3) is 0 Å². The van der Waals surface area contributed by atoms with Crippen LogP contribution in [0.5, 0.6) is 0 Å². The average molecular weight is 233 g/mol. The quantitative estimate of drug-likeness (QED) is 0.797. The largest absolute Gasteiger partial charge is 0.489 e. The summed E-state index contributed by atoms with van der Waals surface area (Å²) in [6, 6.07) is 10.2. The lowest BCUT2D eigenvalue weighted by Gasteiger charge is -2.29. The second-order valence-electron chi connectivity index (χ2n) is 4.42. The highest BCUT2D eigenvalue weighted by Gasteiger charge is 2.17. The second kappa shape index (κ2) is 5.73. The molecule has 92 valence electrons. The molecule has 1 aliphatic heterocycles. The van der Waals surface area contributed by atoms with Crippen LogP contribution < -0.4 is 0 Å². The van der Waals surface area contributed by atoms with Crippen LogP contribution in [0.1, 0.15) is 12.5 Å². The van der Waals surface area contributed by atoms with E-state index in [2.05, 4.69) is 24.1 Å². The van der Waals surface area contributed by atoms with Crippen molar-refractivity contribution in [2.24, 2.45) is 0 Å². The minimum absolute atomic E-state index is 0.133. The second-order valence-corrected chi connectivity index (χ2v) is 4.42. The van der Waals surface area contributed by atoms with E-state index < -0.39 is 0 Å². The minimum atomic E-state index is 0.133. The lowest BCUT2D eigenvalue weighted by atomic mass is 10.2. The molecule has 0 N–H and O–H groups in total. The lowest BCUT2D eigenvalue weighted by molar-refractivity contribution is -0.0129. The summed E-state index contributed by atoms with van der Waals surface area (Å²) in [7, 11) is 2.05. The summed E-state index contributed by atoms with van der Waals surface area (Å²) in [5.74, 6) is 0.951.